The number of halogens is 2. The monoisotopic (exact) mass is 304 g/mol. The standard InChI is InChI=1S/C11H10BrClOS/c1-6-5-8(7(2)14-6)10(13)11-9(12)3-4-15-11/h3-5,10H,1-2H3. The molecular weight excluding hydrogens is 296 g/mol. The molecule has 0 fully saturated rings. The molecule has 0 N–H and O–H groups in total. The second kappa shape index (κ2) is 4.32. The molecule has 80 valence electrons. The van der Waals surface area contributed by atoms with Crippen molar-refractivity contribution in [2.75, 3.05) is 0 Å². The van der Waals surface area contributed by atoms with Crippen LogP contribution in [0.1, 0.15) is 27.3 Å². The number of aryl methyl sites for hydroxylation is 2. The van der Waals surface area contributed by atoms with Gasteiger partial charge in [-0.25, -0.2) is 0 Å². The average molecular weight is 306 g/mol. The summed E-state index contributed by atoms with van der Waals surface area (Å²) in [5.74, 6) is 1.80. The maximum absolute atomic E-state index is 6.42. The molecule has 0 bridgehead atoms. The second-order valence-electron chi connectivity index (χ2n) is 3.36. The van der Waals surface area contributed by atoms with Crippen LogP contribution in [0.4, 0.5) is 0 Å². The predicted octanol–water partition coefficient (Wildman–Crippen LogP) is 5.05. The van der Waals surface area contributed by atoms with Gasteiger partial charge in [-0.3, -0.25) is 0 Å². The number of hydrogen-bond donors (Lipinski definition) is 0. The molecule has 0 aliphatic rings. The summed E-state index contributed by atoms with van der Waals surface area (Å²) in [5.41, 5.74) is 1.05. The van der Waals surface area contributed by atoms with E-state index in [-0.39, 0.29) is 5.38 Å². The topological polar surface area (TPSA) is 13.1 Å². The van der Waals surface area contributed by atoms with E-state index in [1.807, 2.05) is 31.4 Å². The van der Waals surface area contributed by atoms with Gasteiger partial charge in [-0.1, -0.05) is 0 Å². The molecule has 2 heterocycles. The lowest BCUT2D eigenvalue weighted by atomic mass is 10.1. The van der Waals surface area contributed by atoms with E-state index in [0.29, 0.717) is 0 Å². The predicted molar refractivity (Wildman–Crippen MR) is 67.9 cm³/mol. The minimum Gasteiger partial charge on any atom is -0.466 e. The summed E-state index contributed by atoms with van der Waals surface area (Å²) in [4.78, 5) is 1.13. The molecule has 0 aromatic carbocycles. The molecule has 4 heteroatoms. The van der Waals surface area contributed by atoms with Gasteiger partial charge >= 0.3 is 0 Å². The first-order valence-electron chi connectivity index (χ1n) is 4.53. The van der Waals surface area contributed by atoms with Crippen LogP contribution in [-0.2, 0) is 0 Å². The highest BCUT2D eigenvalue weighted by molar-refractivity contribution is 9.10. The summed E-state index contributed by atoms with van der Waals surface area (Å²) < 4.78 is 6.54. The van der Waals surface area contributed by atoms with E-state index < -0.39 is 0 Å². The zero-order valence-corrected chi connectivity index (χ0v) is 11.5. The Hall–Kier alpha value is -0.250. The van der Waals surface area contributed by atoms with Crippen molar-refractivity contribution in [3.8, 4) is 0 Å². The van der Waals surface area contributed by atoms with Crippen LogP contribution in [0.2, 0.25) is 0 Å². The third-order valence-electron chi connectivity index (χ3n) is 2.23. The molecule has 0 radical (unpaired) electrons. The van der Waals surface area contributed by atoms with Crippen LogP contribution in [0.15, 0.2) is 26.4 Å². The lowest BCUT2D eigenvalue weighted by Gasteiger charge is -2.06. The van der Waals surface area contributed by atoms with E-state index in [2.05, 4.69) is 15.9 Å². The van der Waals surface area contributed by atoms with Gasteiger partial charge in [-0.2, -0.15) is 0 Å². The molecule has 0 aliphatic carbocycles. The highest BCUT2D eigenvalue weighted by atomic mass is 79.9. The fourth-order valence-electron chi connectivity index (χ4n) is 1.53. The van der Waals surface area contributed by atoms with Crippen molar-refractivity contribution in [3.63, 3.8) is 0 Å². The van der Waals surface area contributed by atoms with Crippen LogP contribution < -0.4 is 0 Å². The van der Waals surface area contributed by atoms with Crippen LogP contribution in [0.3, 0.4) is 0 Å². The lowest BCUT2D eigenvalue weighted by Crippen LogP contribution is -1.90. The van der Waals surface area contributed by atoms with Crippen LogP contribution in [0.5, 0.6) is 0 Å². The van der Waals surface area contributed by atoms with E-state index in [9.17, 15) is 0 Å². The van der Waals surface area contributed by atoms with Crippen LogP contribution in [0.25, 0.3) is 0 Å². The Kier molecular flexibility index (Phi) is 3.24. The molecule has 0 amide bonds. The Bertz CT molecular complexity index is 475. The van der Waals surface area contributed by atoms with Crippen LogP contribution >= 0.6 is 38.9 Å². The molecular formula is C11H10BrClOS. The quantitative estimate of drug-likeness (QED) is 0.708. The molecule has 1 nitrogen and oxygen atoms in total. The molecule has 0 saturated carbocycles. The van der Waals surface area contributed by atoms with E-state index in [1.54, 1.807) is 11.3 Å². The van der Waals surface area contributed by atoms with Gasteiger partial charge in [0.25, 0.3) is 0 Å². The number of rotatable bonds is 2. The lowest BCUT2D eigenvalue weighted by molar-refractivity contribution is 0.501. The zero-order valence-electron chi connectivity index (χ0n) is 8.38. The molecule has 1 unspecified atom stereocenters. The molecule has 2 aromatic rings. The highest BCUT2D eigenvalue weighted by Gasteiger charge is 2.19. The van der Waals surface area contributed by atoms with Gasteiger partial charge in [0.2, 0.25) is 0 Å². The first kappa shape index (κ1) is 11.2. The molecule has 1 atom stereocenters. The Morgan fingerprint density at radius 2 is 2.20 bits per heavy atom. The Morgan fingerprint density at radius 1 is 1.47 bits per heavy atom. The third kappa shape index (κ3) is 2.14. The van der Waals surface area contributed by atoms with Crippen molar-refractivity contribution in [3.05, 3.63) is 43.9 Å². The van der Waals surface area contributed by atoms with Crippen molar-refractivity contribution in [2.24, 2.45) is 0 Å². The zero-order chi connectivity index (χ0) is 11.0. The number of hydrogen-bond acceptors (Lipinski definition) is 2. The first-order chi connectivity index (χ1) is 7.09. The van der Waals surface area contributed by atoms with Gasteiger partial charge < -0.3 is 4.42 Å². The number of alkyl halides is 1. The van der Waals surface area contributed by atoms with Crippen molar-refractivity contribution in [1.82, 2.24) is 0 Å². The first-order valence-corrected chi connectivity index (χ1v) is 6.64. The SMILES string of the molecule is Cc1cc(C(Cl)c2sccc2Br)c(C)o1. The van der Waals surface area contributed by atoms with Gasteiger partial charge in [0.15, 0.2) is 0 Å². The summed E-state index contributed by atoms with van der Waals surface area (Å²) >= 11 is 11.6. The van der Waals surface area contributed by atoms with Gasteiger partial charge in [-0.15, -0.1) is 22.9 Å². The molecule has 2 aromatic heterocycles. The summed E-state index contributed by atoms with van der Waals surface area (Å²) in [6.45, 7) is 3.88. The smallest absolute Gasteiger partial charge is 0.106 e. The largest absolute Gasteiger partial charge is 0.466 e. The summed E-state index contributed by atoms with van der Waals surface area (Å²) in [6, 6.07) is 4.01. The minimum atomic E-state index is -0.128. The normalized spacial score (nSPS) is 13.1. The number of furan rings is 1. The van der Waals surface area contributed by atoms with Gasteiger partial charge in [-0.05, 0) is 47.3 Å². The second-order valence-corrected chi connectivity index (χ2v) is 5.60. The molecule has 0 aliphatic heterocycles. The minimum absolute atomic E-state index is 0.128. The van der Waals surface area contributed by atoms with Gasteiger partial charge in [0.1, 0.15) is 11.5 Å². The maximum atomic E-state index is 6.42. The molecule has 15 heavy (non-hydrogen) atoms. The van der Waals surface area contributed by atoms with E-state index in [1.165, 1.54) is 0 Å². The Labute approximate surface area is 106 Å². The van der Waals surface area contributed by atoms with Gasteiger partial charge in [0, 0.05) is 14.9 Å². The van der Waals surface area contributed by atoms with Crippen molar-refractivity contribution in [1.29, 1.82) is 0 Å². The van der Waals surface area contributed by atoms with E-state index in [4.69, 9.17) is 16.0 Å². The maximum Gasteiger partial charge on any atom is 0.106 e. The summed E-state index contributed by atoms with van der Waals surface area (Å²) in [7, 11) is 0. The highest BCUT2D eigenvalue weighted by Crippen LogP contribution is 2.39. The van der Waals surface area contributed by atoms with Gasteiger partial charge in [0.05, 0.1) is 5.38 Å². The number of thiophene rings is 1. The van der Waals surface area contributed by atoms with E-state index in [0.717, 1.165) is 26.4 Å². The molecule has 2 rings (SSSR count). The third-order valence-corrected chi connectivity index (χ3v) is 4.75. The molecule has 0 saturated heterocycles. The Balaban J connectivity index is 2.40. The Morgan fingerprint density at radius 3 is 2.67 bits per heavy atom. The van der Waals surface area contributed by atoms with Crippen LogP contribution in [-0.4, -0.2) is 0 Å². The molecule has 0 spiro atoms. The summed E-state index contributed by atoms with van der Waals surface area (Å²) in [6.07, 6.45) is 0. The van der Waals surface area contributed by atoms with Crippen molar-refractivity contribution < 1.29 is 4.42 Å². The fraction of sp³-hybridized carbons (Fsp3) is 0.273. The average Bonchev–Trinajstić information content (AvgIpc) is 2.71. The van der Waals surface area contributed by atoms with E-state index >= 15 is 0 Å². The summed E-state index contributed by atoms with van der Waals surface area (Å²) in [5, 5.41) is 1.90. The fourth-order valence-corrected chi connectivity index (χ4v) is 3.74. The van der Waals surface area contributed by atoms with Crippen molar-refractivity contribution in [2.45, 2.75) is 19.2 Å². The van der Waals surface area contributed by atoms with Crippen molar-refractivity contribution >= 4 is 38.9 Å². The van der Waals surface area contributed by atoms with Crippen LogP contribution in [0, 0.1) is 13.8 Å².